The van der Waals surface area contributed by atoms with Crippen molar-refractivity contribution in [2.75, 3.05) is 11.3 Å². The number of nitrogens with zero attached hydrogens (tertiary/aromatic N) is 1. The van der Waals surface area contributed by atoms with Crippen LogP contribution in [0, 0.1) is 10.1 Å². The number of nitrogens with one attached hydrogen (secondary N) is 1. The van der Waals surface area contributed by atoms with Gasteiger partial charge in [0.15, 0.2) is 0 Å². The second-order valence-electron chi connectivity index (χ2n) is 4.34. The van der Waals surface area contributed by atoms with Crippen LogP contribution in [0.1, 0.15) is 6.92 Å². The lowest BCUT2D eigenvalue weighted by atomic mass is 10.2. The van der Waals surface area contributed by atoms with Crippen LogP contribution in [-0.4, -0.2) is 16.8 Å². The number of nitro benzene ring substituents is 1. The second-order valence-corrected chi connectivity index (χ2v) is 5.33. The third-order valence-corrected chi connectivity index (χ3v) is 3.51. The van der Waals surface area contributed by atoms with E-state index in [2.05, 4.69) is 5.32 Å². The molecule has 0 spiro atoms. The van der Waals surface area contributed by atoms with Crippen molar-refractivity contribution in [3.8, 4) is 5.75 Å². The molecule has 0 unspecified atom stereocenters. The summed E-state index contributed by atoms with van der Waals surface area (Å²) in [5.41, 5.74) is -0.0435. The van der Waals surface area contributed by atoms with Gasteiger partial charge in [-0.05, 0) is 18.2 Å². The van der Waals surface area contributed by atoms with E-state index in [0.717, 1.165) is 4.90 Å². The molecule has 114 valence electrons. The molecule has 22 heavy (non-hydrogen) atoms. The van der Waals surface area contributed by atoms with Crippen molar-refractivity contribution in [3.63, 3.8) is 0 Å². The van der Waals surface area contributed by atoms with Gasteiger partial charge in [-0.15, -0.1) is 0 Å². The number of carbonyl (C=O) groups is 1. The van der Waals surface area contributed by atoms with Crippen LogP contribution in [-0.2, 0) is 4.79 Å². The number of benzene rings is 2. The Morgan fingerprint density at radius 1 is 1.27 bits per heavy atom. The van der Waals surface area contributed by atoms with Gasteiger partial charge in [0, 0.05) is 24.0 Å². The number of nitro groups is 1. The Morgan fingerprint density at radius 2 is 2.00 bits per heavy atom. The number of rotatable bonds is 6. The largest absolute Gasteiger partial charge is 0.483 e. The lowest BCUT2D eigenvalue weighted by Crippen LogP contribution is -2.08. The highest BCUT2D eigenvalue weighted by Gasteiger charge is 2.15. The van der Waals surface area contributed by atoms with Gasteiger partial charge in [0.05, 0.1) is 4.92 Å². The Labute approximate surface area is 131 Å². The molecule has 2 aromatic carbocycles. The van der Waals surface area contributed by atoms with Crippen LogP contribution in [0.3, 0.4) is 0 Å². The Bertz CT molecular complexity index is 676. The quantitative estimate of drug-likeness (QED) is 0.380. The van der Waals surface area contributed by atoms with Crippen LogP contribution in [0.4, 0.5) is 11.4 Å². The SMILES string of the molecule is CC(=O)Nc1cc(OCSc2ccccc2)ccc1[N+](=O)[O-]. The van der Waals surface area contributed by atoms with Crippen LogP contribution < -0.4 is 10.1 Å². The number of ether oxygens (including phenoxy) is 1. The monoisotopic (exact) mass is 318 g/mol. The molecule has 6 nitrogen and oxygen atoms in total. The topological polar surface area (TPSA) is 81.5 Å². The minimum absolute atomic E-state index is 0.125. The molecular weight excluding hydrogens is 304 g/mol. The Morgan fingerprint density at radius 3 is 2.64 bits per heavy atom. The van der Waals surface area contributed by atoms with Gasteiger partial charge in [0.1, 0.15) is 17.4 Å². The molecule has 0 heterocycles. The van der Waals surface area contributed by atoms with Crippen LogP contribution >= 0.6 is 11.8 Å². The molecule has 2 aromatic rings. The Kier molecular flexibility index (Phi) is 5.37. The van der Waals surface area contributed by atoms with Crippen molar-refractivity contribution >= 4 is 29.0 Å². The lowest BCUT2D eigenvalue weighted by molar-refractivity contribution is -0.383. The standard InChI is InChI=1S/C15H14N2O4S/c1-11(18)16-14-9-12(7-8-15(14)17(19)20)21-10-22-13-5-3-2-4-6-13/h2-9H,10H2,1H3,(H,16,18). The third kappa shape index (κ3) is 4.49. The molecule has 0 saturated heterocycles. The second kappa shape index (κ2) is 7.46. The fourth-order valence-electron chi connectivity index (χ4n) is 1.74. The van der Waals surface area contributed by atoms with Crippen molar-refractivity contribution in [1.29, 1.82) is 0 Å². The van der Waals surface area contributed by atoms with Crippen molar-refractivity contribution in [1.82, 2.24) is 0 Å². The molecule has 0 aliphatic heterocycles. The van der Waals surface area contributed by atoms with Crippen LogP contribution in [0.2, 0.25) is 0 Å². The van der Waals surface area contributed by atoms with E-state index in [-0.39, 0.29) is 17.3 Å². The molecule has 1 N–H and O–H groups in total. The Balaban J connectivity index is 2.05. The highest BCUT2D eigenvalue weighted by molar-refractivity contribution is 7.99. The molecule has 0 aliphatic carbocycles. The van der Waals surface area contributed by atoms with E-state index in [1.165, 1.54) is 36.9 Å². The summed E-state index contributed by atoms with van der Waals surface area (Å²) in [6, 6.07) is 14.0. The summed E-state index contributed by atoms with van der Waals surface area (Å²) in [6.45, 7) is 1.29. The van der Waals surface area contributed by atoms with Gasteiger partial charge in [-0.3, -0.25) is 14.9 Å². The molecule has 0 atom stereocenters. The molecule has 0 radical (unpaired) electrons. The molecule has 0 aliphatic rings. The highest BCUT2D eigenvalue weighted by atomic mass is 32.2. The molecule has 2 rings (SSSR count). The molecular formula is C15H14N2O4S. The van der Waals surface area contributed by atoms with E-state index in [4.69, 9.17) is 4.74 Å². The van der Waals surface area contributed by atoms with Crippen LogP contribution in [0.15, 0.2) is 53.4 Å². The van der Waals surface area contributed by atoms with Crippen molar-refractivity contribution in [3.05, 3.63) is 58.6 Å². The molecule has 0 bridgehead atoms. The number of carbonyl (C=O) groups excluding carboxylic acids is 1. The molecule has 7 heteroatoms. The molecule has 1 amide bonds. The summed E-state index contributed by atoms with van der Waals surface area (Å²) < 4.78 is 5.56. The van der Waals surface area contributed by atoms with Gasteiger partial charge in [0.25, 0.3) is 5.69 Å². The fourth-order valence-corrected chi connectivity index (χ4v) is 2.42. The van der Waals surface area contributed by atoms with E-state index >= 15 is 0 Å². The summed E-state index contributed by atoms with van der Waals surface area (Å²) in [7, 11) is 0. The summed E-state index contributed by atoms with van der Waals surface area (Å²) in [5.74, 6) is 0.443. The zero-order valence-corrected chi connectivity index (χ0v) is 12.6. The van der Waals surface area contributed by atoms with E-state index in [1.54, 1.807) is 0 Å². The zero-order chi connectivity index (χ0) is 15.9. The van der Waals surface area contributed by atoms with E-state index < -0.39 is 4.92 Å². The van der Waals surface area contributed by atoms with Gasteiger partial charge in [-0.1, -0.05) is 30.0 Å². The average molecular weight is 318 g/mol. The number of hydrogen-bond donors (Lipinski definition) is 1. The van der Waals surface area contributed by atoms with Crippen molar-refractivity contribution in [2.24, 2.45) is 0 Å². The van der Waals surface area contributed by atoms with Crippen molar-refractivity contribution in [2.45, 2.75) is 11.8 Å². The normalized spacial score (nSPS) is 10.0. The number of anilines is 1. The van der Waals surface area contributed by atoms with Crippen molar-refractivity contribution < 1.29 is 14.5 Å². The van der Waals surface area contributed by atoms with E-state index in [1.807, 2.05) is 30.3 Å². The third-order valence-electron chi connectivity index (χ3n) is 2.67. The number of amides is 1. The summed E-state index contributed by atoms with van der Waals surface area (Å²) in [5, 5.41) is 13.4. The predicted molar refractivity (Wildman–Crippen MR) is 85.2 cm³/mol. The van der Waals surface area contributed by atoms with E-state index in [0.29, 0.717) is 11.7 Å². The van der Waals surface area contributed by atoms with Gasteiger partial charge in [-0.2, -0.15) is 0 Å². The number of thioether (sulfide) groups is 1. The molecule has 0 aromatic heterocycles. The highest BCUT2D eigenvalue weighted by Crippen LogP contribution is 2.29. The van der Waals surface area contributed by atoms with Crippen LogP contribution in [0.5, 0.6) is 5.75 Å². The maximum atomic E-state index is 11.1. The first-order valence-electron chi connectivity index (χ1n) is 6.43. The summed E-state index contributed by atoms with van der Waals surface area (Å²) in [4.78, 5) is 22.6. The fraction of sp³-hybridized carbons (Fsp3) is 0.133. The summed E-state index contributed by atoms with van der Waals surface area (Å²) >= 11 is 1.50. The van der Waals surface area contributed by atoms with E-state index in [9.17, 15) is 14.9 Å². The minimum atomic E-state index is -0.548. The lowest BCUT2D eigenvalue weighted by Gasteiger charge is -2.09. The molecule has 0 fully saturated rings. The maximum absolute atomic E-state index is 11.1. The van der Waals surface area contributed by atoms with Gasteiger partial charge >= 0.3 is 0 Å². The smallest absolute Gasteiger partial charge is 0.293 e. The van der Waals surface area contributed by atoms with Gasteiger partial charge in [-0.25, -0.2) is 0 Å². The predicted octanol–water partition coefficient (Wildman–Crippen LogP) is 3.68. The first-order valence-corrected chi connectivity index (χ1v) is 7.41. The average Bonchev–Trinajstić information content (AvgIpc) is 2.47. The minimum Gasteiger partial charge on any atom is -0.483 e. The molecule has 0 saturated carbocycles. The van der Waals surface area contributed by atoms with Crippen LogP contribution in [0.25, 0.3) is 0 Å². The Hall–Kier alpha value is -2.54. The van der Waals surface area contributed by atoms with Gasteiger partial charge in [0.2, 0.25) is 5.91 Å². The first-order chi connectivity index (χ1) is 10.6. The number of hydrogen-bond acceptors (Lipinski definition) is 5. The van der Waals surface area contributed by atoms with Gasteiger partial charge < -0.3 is 10.1 Å². The zero-order valence-electron chi connectivity index (χ0n) is 11.8. The summed E-state index contributed by atoms with van der Waals surface area (Å²) in [6.07, 6.45) is 0. The maximum Gasteiger partial charge on any atom is 0.293 e. The first kappa shape index (κ1) is 15.8.